The lowest BCUT2D eigenvalue weighted by atomic mass is 9.64. The van der Waals surface area contributed by atoms with Crippen LogP contribution in [0.15, 0.2) is 109 Å². The van der Waals surface area contributed by atoms with E-state index in [9.17, 15) is 24.5 Å². The number of para-hydroxylation sites is 2. The van der Waals surface area contributed by atoms with Crippen LogP contribution in [-0.2, 0) is 10.2 Å². The number of benzene rings is 4. The van der Waals surface area contributed by atoms with Crippen molar-refractivity contribution < 1.29 is 19.3 Å². The Morgan fingerprint density at radius 1 is 0.833 bits per heavy atom. The maximum absolute atomic E-state index is 14.7. The number of non-ortho nitro benzene ring substituents is 1. The third-order valence-electron chi connectivity index (χ3n) is 8.86. The highest BCUT2D eigenvalue weighted by Crippen LogP contribution is 2.58. The minimum atomic E-state index is -1.42. The van der Waals surface area contributed by atoms with Crippen LogP contribution in [0.25, 0.3) is 5.57 Å². The number of ketones is 2. The summed E-state index contributed by atoms with van der Waals surface area (Å²) in [5.41, 5.74) is 2.94. The van der Waals surface area contributed by atoms with Crippen LogP contribution in [0.5, 0.6) is 0 Å². The number of hydrogen-bond acceptors (Lipinski definition) is 6. The van der Waals surface area contributed by atoms with Crippen molar-refractivity contribution in [2.24, 2.45) is 5.92 Å². The summed E-state index contributed by atoms with van der Waals surface area (Å²) in [5, 5.41) is 14.4. The Morgan fingerprint density at radius 3 is 2.21 bits per heavy atom. The predicted molar refractivity (Wildman–Crippen MR) is 159 cm³/mol. The molecule has 1 fully saturated rings. The standard InChI is InChI=1S/C34H25N3O5/c1-20-19-28-34(25-12-6-7-13-26(25)35-33(34)40)29(31(38)21-9-3-2-4-10-21)30(36(28)27-14-8-5-11-24(20)27)32(39)22-15-17-23(18-16-22)37(41)42/h2-19,28-30H,1H3,(H,35,40)/t28-,29+,30-,34+/m0/s1. The molecule has 0 aromatic heterocycles. The van der Waals surface area contributed by atoms with Crippen LogP contribution in [0, 0.1) is 16.0 Å². The van der Waals surface area contributed by atoms with Gasteiger partial charge in [-0.3, -0.25) is 24.5 Å². The number of rotatable bonds is 5. The molecule has 4 aromatic carbocycles. The fourth-order valence-electron chi connectivity index (χ4n) is 7.09. The van der Waals surface area contributed by atoms with Gasteiger partial charge in [0.1, 0.15) is 11.5 Å². The summed E-state index contributed by atoms with van der Waals surface area (Å²) >= 11 is 0. The Hall–Kier alpha value is -5.37. The average molecular weight is 556 g/mol. The van der Waals surface area contributed by atoms with Gasteiger partial charge in [-0.1, -0.05) is 72.8 Å². The fourth-order valence-corrected chi connectivity index (χ4v) is 7.09. The van der Waals surface area contributed by atoms with Crippen LogP contribution in [0.4, 0.5) is 17.1 Å². The topological polar surface area (TPSA) is 110 Å². The van der Waals surface area contributed by atoms with Crippen molar-refractivity contribution in [2.75, 3.05) is 10.2 Å². The molecule has 8 nitrogen and oxygen atoms in total. The molecule has 1 N–H and O–H groups in total. The zero-order valence-electron chi connectivity index (χ0n) is 22.6. The third kappa shape index (κ3) is 3.44. The fraction of sp³-hybridized carbons (Fsp3) is 0.147. The van der Waals surface area contributed by atoms with E-state index in [-0.39, 0.29) is 28.7 Å². The van der Waals surface area contributed by atoms with Gasteiger partial charge < -0.3 is 10.2 Å². The molecule has 0 bridgehead atoms. The second kappa shape index (κ2) is 9.34. The minimum absolute atomic E-state index is 0.143. The van der Waals surface area contributed by atoms with Gasteiger partial charge in [0.15, 0.2) is 11.6 Å². The Labute approximate surface area is 241 Å². The number of nitrogens with zero attached hydrogens (tertiary/aromatic N) is 2. The molecule has 206 valence electrons. The first-order valence-electron chi connectivity index (χ1n) is 13.7. The van der Waals surface area contributed by atoms with E-state index in [4.69, 9.17) is 0 Å². The number of amides is 1. The van der Waals surface area contributed by atoms with E-state index in [0.717, 1.165) is 16.8 Å². The number of carbonyl (C=O) groups is 3. The lowest BCUT2D eigenvalue weighted by Crippen LogP contribution is -2.51. The second-order valence-corrected chi connectivity index (χ2v) is 10.9. The van der Waals surface area contributed by atoms with E-state index in [1.807, 2.05) is 72.5 Å². The van der Waals surface area contributed by atoms with Crippen molar-refractivity contribution in [3.63, 3.8) is 0 Å². The zero-order valence-corrected chi connectivity index (χ0v) is 22.6. The first-order valence-corrected chi connectivity index (χ1v) is 13.7. The molecule has 0 aliphatic carbocycles. The Balaban J connectivity index is 1.53. The monoisotopic (exact) mass is 555 g/mol. The molecule has 4 atom stereocenters. The maximum atomic E-state index is 14.7. The van der Waals surface area contributed by atoms with Crippen molar-refractivity contribution >= 4 is 40.1 Å². The van der Waals surface area contributed by atoms with Crippen molar-refractivity contribution in [1.29, 1.82) is 0 Å². The van der Waals surface area contributed by atoms with Gasteiger partial charge in [-0.25, -0.2) is 0 Å². The normalized spacial score (nSPS) is 23.5. The molecule has 0 saturated carbocycles. The number of nitrogens with one attached hydrogen (secondary N) is 1. The quantitative estimate of drug-likeness (QED) is 0.188. The summed E-state index contributed by atoms with van der Waals surface area (Å²) in [6.45, 7) is 1.97. The molecular weight excluding hydrogens is 530 g/mol. The first kappa shape index (κ1) is 25.6. The highest BCUT2D eigenvalue weighted by molar-refractivity contribution is 6.18. The third-order valence-corrected chi connectivity index (χ3v) is 8.86. The highest BCUT2D eigenvalue weighted by atomic mass is 16.6. The number of hydrogen-bond donors (Lipinski definition) is 1. The molecule has 0 radical (unpaired) electrons. The van der Waals surface area contributed by atoms with Crippen LogP contribution in [0.2, 0.25) is 0 Å². The molecule has 3 aliphatic rings. The molecule has 7 rings (SSSR count). The van der Waals surface area contributed by atoms with E-state index in [2.05, 4.69) is 5.32 Å². The molecule has 0 unspecified atom stereocenters. The Kier molecular flexibility index (Phi) is 5.69. The van der Waals surface area contributed by atoms with E-state index in [1.54, 1.807) is 24.3 Å². The minimum Gasteiger partial charge on any atom is -0.352 e. The summed E-state index contributed by atoms with van der Waals surface area (Å²) in [6.07, 6.45) is 2.00. The lowest BCUT2D eigenvalue weighted by Gasteiger charge is -2.39. The van der Waals surface area contributed by atoms with Gasteiger partial charge in [-0.15, -0.1) is 0 Å². The van der Waals surface area contributed by atoms with Gasteiger partial charge in [0, 0.05) is 40.2 Å². The lowest BCUT2D eigenvalue weighted by molar-refractivity contribution is -0.384. The molecule has 42 heavy (non-hydrogen) atoms. The number of anilines is 2. The number of Topliss-reactive ketones (excluding diaryl/α,β-unsaturated/α-hetero) is 2. The molecule has 1 saturated heterocycles. The van der Waals surface area contributed by atoms with Crippen LogP contribution >= 0.6 is 0 Å². The number of nitro groups is 1. The van der Waals surface area contributed by atoms with Crippen LogP contribution in [-0.4, -0.2) is 34.5 Å². The van der Waals surface area contributed by atoms with E-state index < -0.39 is 28.3 Å². The van der Waals surface area contributed by atoms with Crippen LogP contribution in [0.1, 0.15) is 38.8 Å². The number of fused-ring (bicyclic) bond motifs is 6. The van der Waals surface area contributed by atoms with Gasteiger partial charge >= 0.3 is 0 Å². The van der Waals surface area contributed by atoms with E-state index >= 15 is 0 Å². The molecule has 1 spiro atoms. The maximum Gasteiger partial charge on any atom is 0.269 e. The molecule has 4 aromatic rings. The van der Waals surface area contributed by atoms with Gasteiger partial charge in [-0.05, 0) is 42.3 Å². The van der Waals surface area contributed by atoms with Crippen LogP contribution in [0.3, 0.4) is 0 Å². The number of carbonyl (C=O) groups excluding carboxylic acids is 3. The van der Waals surface area contributed by atoms with Crippen molar-refractivity contribution in [3.05, 3.63) is 142 Å². The van der Waals surface area contributed by atoms with Gasteiger partial charge in [-0.2, -0.15) is 0 Å². The number of nitro benzene ring substituents is 1. The van der Waals surface area contributed by atoms with E-state index in [0.29, 0.717) is 16.8 Å². The Bertz CT molecular complexity index is 1830. The van der Waals surface area contributed by atoms with Gasteiger partial charge in [0.25, 0.3) is 5.69 Å². The second-order valence-electron chi connectivity index (χ2n) is 10.9. The molecule has 3 aliphatic heterocycles. The van der Waals surface area contributed by atoms with Crippen LogP contribution < -0.4 is 10.2 Å². The number of allylic oxidation sites excluding steroid dienone is 1. The predicted octanol–water partition coefficient (Wildman–Crippen LogP) is 5.84. The largest absolute Gasteiger partial charge is 0.352 e. The summed E-state index contributed by atoms with van der Waals surface area (Å²) < 4.78 is 0. The van der Waals surface area contributed by atoms with Crippen molar-refractivity contribution in [1.82, 2.24) is 0 Å². The first-order chi connectivity index (χ1) is 20.3. The van der Waals surface area contributed by atoms with Gasteiger partial charge in [0.05, 0.1) is 16.9 Å². The smallest absolute Gasteiger partial charge is 0.269 e. The summed E-state index contributed by atoms with van der Waals surface area (Å²) in [7, 11) is 0. The zero-order chi connectivity index (χ0) is 29.2. The SMILES string of the molecule is CC1=C[C@@H]2N(c3ccccc31)[C@H](C(=O)c1ccc([N+](=O)[O-])cc1)[C@H](C(=O)c1ccccc1)[C@]21C(=O)Nc2ccccc21. The van der Waals surface area contributed by atoms with Crippen molar-refractivity contribution in [2.45, 2.75) is 24.4 Å². The summed E-state index contributed by atoms with van der Waals surface area (Å²) in [6, 6.07) is 27.4. The molecular formula is C34H25N3O5. The average Bonchev–Trinajstić information content (AvgIpc) is 3.49. The molecule has 3 heterocycles. The Morgan fingerprint density at radius 2 is 1.48 bits per heavy atom. The summed E-state index contributed by atoms with van der Waals surface area (Å²) in [5.74, 6) is -2.15. The highest BCUT2D eigenvalue weighted by Gasteiger charge is 2.70. The molecule has 1 amide bonds. The van der Waals surface area contributed by atoms with E-state index in [1.165, 1.54) is 24.3 Å². The van der Waals surface area contributed by atoms with Crippen molar-refractivity contribution in [3.8, 4) is 0 Å². The molecule has 8 heteroatoms. The van der Waals surface area contributed by atoms with Gasteiger partial charge in [0.2, 0.25) is 5.91 Å². The summed E-state index contributed by atoms with van der Waals surface area (Å²) in [4.78, 5) is 56.5.